The molecule has 1 fully saturated rings. The van der Waals surface area contributed by atoms with Crippen LogP contribution >= 0.6 is 0 Å². The molecule has 1 saturated heterocycles. The lowest BCUT2D eigenvalue weighted by atomic mass is 9.78. The van der Waals surface area contributed by atoms with Crippen LogP contribution in [0.25, 0.3) is 0 Å². The van der Waals surface area contributed by atoms with Crippen molar-refractivity contribution in [2.24, 2.45) is 17.6 Å². The molecule has 184 valence electrons. The number of nitrogens with two attached hydrogens (primary N) is 1. The number of rotatable bonds is 5. The summed E-state index contributed by atoms with van der Waals surface area (Å²) in [6.07, 6.45) is 2.19. The highest BCUT2D eigenvalue weighted by atomic mass is 19.1. The topological polar surface area (TPSA) is 137 Å². The highest BCUT2D eigenvalue weighted by Crippen LogP contribution is 2.41. The van der Waals surface area contributed by atoms with Crippen LogP contribution in [0.1, 0.15) is 33.9 Å². The van der Waals surface area contributed by atoms with Gasteiger partial charge in [-0.2, -0.15) is 10.4 Å². The van der Waals surface area contributed by atoms with Crippen LogP contribution in [0.2, 0.25) is 0 Å². The molecule has 9 nitrogen and oxygen atoms in total. The molecule has 3 atom stereocenters. The van der Waals surface area contributed by atoms with Crippen LogP contribution in [-0.4, -0.2) is 44.4 Å². The number of nitrogens with zero attached hydrogens (tertiary/aromatic N) is 4. The Morgan fingerprint density at radius 3 is 2.39 bits per heavy atom. The third kappa shape index (κ3) is 4.24. The van der Waals surface area contributed by atoms with Gasteiger partial charge in [-0.05, 0) is 60.6 Å². The number of nitrogens with one attached hydrogen (secondary N) is 1. The zero-order chi connectivity index (χ0) is 25.4. The molecule has 1 unspecified atom stereocenters. The van der Waals surface area contributed by atoms with E-state index in [2.05, 4.69) is 16.5 Å². The van der Waals surface area contributed by atoms with Gasteiger partial charge in [0.15, 0.2) is 5.82 Å². The van der Waals surface area contributed by atoms with Gasteiger partial charge in [-0.1, -0.05) is 24.3 Å². The van der Waals surface area contributed by atoms with E-state index < -0.39 is 35.8 Å². The summed E-state index contributed by atoms with van der Waals surface area (Å²) in [5.74, 6) is -1.65. The lowest BCUT2D eigenvalue weighted by molar-refractivity contribution is 0.0408. The molecule has 1 aliphatic heterocycles. The van der Waals surface area contributed by atoms with Crippen LogP contribution in [0.15, 0.2) is 54.7 Å². The Hall–Kier alpha value is -4.39. The summed E-state index contributed by atoms with van der Waals surface area (Å²) in [5, 5.41) is 27.7. The number of primary amides is 1. The van der Waals surface area contributed by atoms with Gasteiger partial charge >= 0.3 is 6.09 Å². The van der Waals surface area contributed by atoms with Crippen molar-refractivity contribution >= 4 is 23.5 Å². The van der Waals surface area contributed by atoms with Gasteiger partial charge in [0.05, 0.1) is 24.1 Å². The maximum Gasteiger partial charge on any atom is 0.407 e. The maximum absolute atomic E-state index is 13.3. The summed E-state index contributed by atoms with van der Waals surface area (Å²) in [6, 6.07) is 15.0. The number of piperidine rings is 1. The molecule has 3 aromatic rings. The van der Waals surface area contributed by atoms with Crippen LogP contribution in [0.5, 0.6) is 0 Å². The van der Waals surface area contributed by atoms with Gasteiger partial charge < -0.3 is 21.1 Å². The fraction of sp³-hybridized carbons (Fsp3) is 0.308. The predicted molar refractivity (Wildman–Crippen MR) is 129 cm³/mol. The van der Waals surface area contributed by atoms with Gasteiger partial charge in [0.25, 0.3) is 5.91 Å². The second kappa shape index (κ2) is 9.34. The molecular weight excluding hydrogens is 463 g/mol. The molecule has 0 saturated carbocycles. The number of carboxylic acid groups (broad SMARTS) is 1. The summed E-state index contributed by atoms with van der Waals surface area (Å²) in [4.78, 5) is 25.7. The Labute approximate surface area is 206 Å². The summed E-state index contributed by atoms with van der Waals surface area (Å²) in [6.45, 7) is 0.238. The molecule has 1 aliphatic carbocycles. The largest absolute Gasteiger partial charge is 0.465 e. The van der Waals surface area contributed by atoms with E-state index in [1.807, 2.05) is 24.3 Å². The van der Waals surface area contributed by atoms with E-state index in [0.29, 0.717) is 24.9 Å². The number of carbonyl (C=O) groups excluding carboxylic acids is 1. The minimum atomic E-state index is -1.05. The molecule has 1 aromatic heterocycles. The first-order chi connectivity index (χ1) is 17.4. The van der Waals surface area contributed by atoms with Crippen LogP contribution in [0, 0.1) is 29.0 Å². The number of anilines is 2. The van der Waals surface area contributed by atoms with E-state index in [9.17, 15) is 24.3 Å². The molecule has 2 aliphatic rings. The molecule has 36 heavy (non-hydrogen) atoms. The monoisotopic (exact) mass is 488 g/mol. The number of hydrogen-bond donors (Lipinski definition) is 3. The van der Waals surface area contributed by atoms with Gasteiger partial charge in [-0.3, -0.25) is 9.48 Å². The normalized spacial score (nSPS) is 21.6. The highest BCUT2D eigenvalue weighted by molar-refractivity contribution is 5.98. The Kier molecular flexibility index (Phi) is 6.06. The molecule has 0 spiro atoms. The summed E-state index contributed by atoms with van der Waals surface area (Å²) in [7, 11) is 0. The number of aromatic nitrogens is 2. The quantitative estimate of drug-likeness (QED) is 0.501. The van der Waals surface area contributed by atoms with E-state index in [4.69, 9.17) is 5.73 Å². The molecule has 5 rings (SSSR count). The highest BCUT2D eigenvalue weighted by Gasteiger charge is 2.47. The number of halogens is 1. The van der Waals surface area contributed by atoms with E-state index in [-0.39, 0.29) is 23.8 Å². The van der Waals surface area contributed by atoms with Crippen molar-refractivity contribution in [1.29, 1.82) is 5.26 Å². The average molecular weight is 489 g/mol. The molecular formula is C26H25FN6O3. The van der Waals surface area contributed by atoms with E-state index in [1.165, 1.54) is 46.5 Å². The second-order valence-electron chi connectivity index (χ2n) is 9.28. The third-order valence-corrected chi connectivity index (χ3v) is 7.21. The van der Waals surface area contributed by atoms with Crippen LogP contribution in [0.4, 0.5) is 20.7 Å². The Bertz CT molecular complexity index is 1320. The SMILES string of the molecule is N#C[C@H]1C(C2Cc3ccccc3C2)N(C(=O)O)CC[C@@H]1n1cc(C(N)=O)c(Nc2ccc(F)cc2)n1. The van der Waals surface area contributed by atoms with Crippen LogP contribution < -0.4 is 11.1 Å². The number of nitriles is 1. The van der Waals surface area contributed by atoms with E-state index in [0.717, 1.165) is 0 Å². The molecule has 2 heterocycles. The summed E-state index contributed by atoms with van der Waals surface area (Å²) in [5.41, 5.74) is 8.59. The summed E-state index contributed by atoms with van der Waals surface area (Å²) < 4.78 is 14.9. The third-order valence-electron chi connectivity index (χ3n) is 7.21. The molecule has 4 N–H and O–H groups in total. The standard InChI is InChI=1S/C26H25FN6O3/c27-18-5-7-19(8-6-18)30-25-21(24(29)34)14-33(31-25)22-9-10-32(26(35)36)23(20(22)13-28)17-11-15-3-1-2-4-16(15)12-17/h1-8,14,17,20,22-23H,9-12H2,(H2,29,34)(H,30,31)(H,35,36)/t20-,22+,23?/m1/s1. The summed E-state index contributed by atoms with van der Waals surface area (Å²) >= 11 is 0. The molecule has 2 aromatic carbocycles. The number of carbonyl (C=O) groups is 2. The second-order valence-corrected chi connectivity index (χ2v) is 9.28. The predicted octanol–water partition coefficient (Wildman–Crippen LogP) is 3.71. The first kappa shape index (κ1) is 23.4. The zero-order valence-electron chi connectivity index (χ0n) is 19.3. The molecule has 0 radical (unpaired) electrons. The fourth-order valence-electron chi connectivity index (χ4n) is 5.59. The lowest BCUT2D eigenvalue weighted by Gasteiger charge is -2.44. The Balaban J connectivity index is 1.48. The smallest absolute Gasteiger partial charge is 0.407 e. The van der Waals surface area contributed by atoms with Gasteiger partial charge in [-0.15, -0.1) is 0 Å². The van der Waals surface area contributed by atoms with Crippen molar-refractivity contribution < 1.29 is 19.1 Å². The molecule has 10 heteroatoms. The minimum absolute atomic E-state index is 0.0473. The number of benzene rings is 2. The number of fused-ring (bicyclic) bond motifs is 1. The van der Waals surface area contributed by atoms with Gasteiger partial charge in [0.1, 0.15) is 11.4 Å². The zero-order valence-corrected chi connectivity index (χ0v) is 19.3. The number of likely N-dealkylation sites (tertiary alicyclic amines) is 1. The van der Waals surface area contributed by atoms with Crippen molar-refractivity contribution in [2.45, 2.75) is 31.3 Å². The first-order valence-corrected chi connectivity index (χ1v) is 11.7. The van der Waals surface area contributed by atoms with Crippen molar-refractivity contribution in [3.05, 3.63) is 77.2 Å². The van der Waals surface area contributed by atoms with E-state index in [1.54, 1.807) is 4.68 Å². The number of hydrogen-bond acceptors (Lipinski definition) is 5. The van der Waals surface area contributed by atoms with Crippen LogP contribution in [0.3, 0.4) is 0 Å². The molecule has 0 bridgehead atoms. The van der Waals surface area contributed by atoms with Crippen molar-refractivity contribution in [3.63, 3.8) is 0 Å². The first-order valence-electron chi connectivity index (χ1n) is 11.7. The fourth-order valence-corrected chi connectivity index (χ4v) is 5.59. The lowest BCUT2D eigenvalue weighted by Crippen LogP contribution is -2.55. The van der Waals surface area contributed by atoms with Gasteiger partial charge in [-0.25, -0.2) is 9.18 Å². The van der Waals surface area contributed by atoms with Gasteiger partial charge in [0.2, 0.25) is 0 Å². The maximum atomic E-state index is 13.3. The Morgan fingerprint density at radius 2 is 1.81 bits per heavy atom. The number of amides is 2. The minimum Gasteiger partial charge on any atom is -0.465 e. The Morgan fingerprint density at radius 1 is 1.14 bits per heavy atom. The van der Waals surface area contributed by atoms with Crippen LogP contribution in [-0.2, 0) is 12.8 Å². The van der Waals surface area contributed by atoms with E-state index >= 15 is 0 Å². The molecule has 2 amide bonds. The van der Waals surface area contributed by atoms with Crippen molar-refractivity contribution in [1.82, 2.24) is 14.7 Å². The van der Waals surface area contributed by atoms with Gasteiger partial charge in [0, 0.05) is 18.4 Å². The average Bonchev–Trinajstić information content (AvgIpc) is 3.48. The van der Waals surface area contributed by atoms with Crippen molar-refractivity contribution in [3.8, 4) is 6.07 Å². The van der Waals surface area contributed by atoms with Crippen molar-refractivity contribution in [2.75, 3.05) is 11.9 Å².